The van der Waals surface area contributed by atoms with Gasteiger partial charge in [-0.15, -0.1) is 0 Å². The maximum atomic E-state index is 2.87. The third-order valence-corrected chi connectivity index (χ3v) is 37.3. The summed E-state index contributed by atoms with van der Waals surface area (Å²) in [6, 6.07) is 11.5. The van der Waals surface area contributed by atoms with Crippen molar-refractivity contribution < 1.29 is 0 Å². The molecule has 4 bridgehead atoms. The van der Waals surface area contributed by atoms with E-state index in [0.717, 1.165) is 0 Å². The quantitative estimate of drug-likeness (QED) is 0.229. The van der Waals surface area contributed by atoms with Crippen LogP contribution in [0.5, 0.6) is 0 Å². The molecule has 288 valence electrons. The third-order valence-electron chi connectivity index (χ3n) is 14.3. The van der Waals surface area contributed by atoms with Crippen LogP contribution in [0.4, 0.5) is 0 Å². The van der Waals surface area contributed by atoms with Gasteiger partial charge in [-0.3, -0.25) is 0 Å². The van der Waals surface area contributed by atoms with E-state index in [2.05, 4.69) is 24.3 Å². The average molecular weight is 810 g/mol. The summed E-state index contributed by atoms with van der Waals surface area (Å²) in [6.45, 7) is 0. The summed E-state index contributed by atoms with van der Waals surface area (Å²) in [5.74, 6) is 0. The van der Waals surface area contributed by atoms with E-state index < -0.39 is 26.5 Å². The van der Waals surface area contributed by atoms with Crippen molar-refractivity contribution >= 4 is 35.3 Å². The number of rotatable bonds is 0. The van der Waals surface area contributed by atoms with Gasteiger partial charge in [0.15, 0.2) is 0 Å². The molecule has 0 aliphatic carbocycles. The first-order chi connectivity index (χ1) is 24.8. The molecular weight excluding hydrogens is 722 g/mol. The van der Waals surface area contributed by atoms with Gasteiger partial charge < -0.3 is 0 Å². The first kappa shape index (κ1) is 43.0. The van der Waals surface area contributed by atoms with E-state index in [1.165, 1.54) is 193 Å². The summed E-state index contributed by atoms with van der Waals surface area (Å²) in [5, 5.41) is 9.87. The van der Waals surface area contributed by atoms with Crippen LogP contribution in [0.3, 0.4) is 0 Å². The fourth-order valence-corrected chi connectivity index (χ4v) is 33.0. The van der Waals surface area contributed by atoms with E-state index in [0.29, 0.717) is 0 Å². The second kappa shape index (κ2) is 27.8. The molecule has 6 heterocycles. The average Bonchev–Trinajstić information content (AvgIpc) is 3.13. The SMILES string of the molecule is c1c[c]2cc[c]1[Ge]13[CH2]CCCCCCCCCCCC[CH2][Ge]2([CH2]CCCCCCCCCCCC[CH2]1)[CH2]CCCCCCCCCCCC[CH2]3. The fourth-order valence-electron chi connectivity index (χ4n) is 10.9. The van der Waals surface area contributed by atoms with Crippen LogP contribution < -0.4 is 8.79 Å². The van der Waals surface area contributed by atoms with Crippen LogP contribution >= 0.6 is 0 Å². The zero-order valence-electron chi connectivity index (χ0n) is 34.0. The van der Waals surface area contributed by atoms with Gasteiger partial charge >= 0.3 is 322 Å². The van der Waals surface area contributed by atoms with Crippen molar-refractivity contribution in [3.05, 3.63) is 24.3 Å². The summed E-state index contributed by atoms with van der Waals surface area (Å²) < 4.78 is 3.92. The molecule has 6 aliphatic rings. The van der Waals surface area contributed by atoms with Crippen molar-refractivity contribution in [3.63, 3.8) is 0 Å². The van der Waals surface area contributed by atoms with Crippen molar-refractivity contribution in [1.82, 2.24) is 0 Å². The summed E-state index contributed by atoms with van der Waals surface area (Å²) >= 11 is -4.42. The summed E-state index contributed by atoms with van der Waals surface area (Å²) in [4.78, 5) is 0. The number of fused-ring (bicyclic) bond motifs is 39. The Hall–Kier alpha value is 0.306. The first-order valence-corrected chi connectivity index (χ1v) is 34.9. The van der Waals surface area contributed by atoms with Crippen molar-refractivity contribution in [2.45, 2.75) is 263 Å². The molecule has 0 amide bonds. The third kappa shape index (κ3) is 17.2. The van der Waals surface area contributed by atoms with Gasteiger partial charge in [-0.1, -0.05) is 0 Å². The topological polar surface area (TPSA) is 0 Å². The van der Waals surface area contributed by atoms with Gasteiger partial charge in [0.2, 0.25) is 0 Å². The summed E-state index contributed by atoms with van der Waals surface area (Å²) in [5.41, 5.74) is 0. The van der Waals surface area contributed by atoms with Crippen LogP contribution in [0.15, 0.2) is 24.3 Å². The fraction of sp³-hybridized carbons (Fsp3) is 0.875. The van der Waals surface area contributed by atoms with E-state index >= 15 is 0 Å². The molecule has 0 atom stereocenters. The van der Waals surface area contributed by atoms with E-state index in [1.54, 1.807) is 70.0 Å². The van der Waals surface area contributed by atoms with Crippen molar-refractivity contribution in [3.8, 4) is 0 Å². The Bertz CT molecular complexity index is 764. The zero-order valence-corrected chi connectivity index (χ0v) is 38.2. The molecular formula is C48H88Ge2. The van der Waals surface area contributed by atoms with Crippen LogP contribution in [0.1, 0.15) is 231 Å². The molecule has 0 spiro atoms. The van der Waals surface area contributed by atoms with Gasteiger partial charge in [0.1, 0.15) is 0 Å². The summed E-state index contributed by atoms with van der Waals surface area (Å²) in [7, 11) is 0. The standard InChI is InChI=1S/C48H88Ge2/c1-2-8-14-20-26-32-42-50-45-35-29-23-17-11-5-3-9-15-21-27-33-43-49(41-31-25-19-13-7-1,47-37-39-48(50)40-38-47)44-34-28-22-16-10-4-6-12-18-24-30-36-46-50/h37-40H,1-36,41-46H2. The molecule has 50 heavy (non-hydrogen) atoms. The van der Waals surface area contributed by atoms with Crippen molar-refractivity contribution in [2.75, 3.05) is 0 Å². The van der Waals surface area contributed by atoms with Crippen LogP contribution in [-0.4, -0.2) is 26.5 Å². The molecule has 1 aromatic carbocycles. The van der Waals surface area contributed by atoms with Crippen molar-refractivity contribution in [1.29, 1.82) is 0 Å². The molecule has 1 aromatic rings. The Morgan fingerprint density at radius 2 is 0.300 bits per heavy atom. The molecule has 0 unspecified atom stereocenters. The van der Waals surface area contributed by atoms with Gasteiger partial charge in [-0.05, 0) is 0 Å². The zero-order chi connectivity index (χ0) is 34.7. The molecule has 0 saturated carbocycles. The van der Waals surface area contributed by atoms with Crippen LogP contribution in [0.25, 0.3) is 0 Å². The molecule has 7 rings (SSSR count). The number of hydrogen-bond donors (Lipinski definition) is 0. The molecule has 0 saturated heterocycles. The second-order valence-corrected chi connectivity index (χ2v) is 37.8. The minimum atomic E-state index is -2.21. The van der Waals surface area contributed by atoms with E-state index in [-0.39, 0.29) is 0 Å². The molecule has 0 aromatic heterocycles. The van der Waals surface area contributed by atoms with Gasteiger partial charge in [-0.25, -0.2) is 0 Å². The Kier molecular flexibility index (Phi) is 23.9. The van der Waals surface area contributed by atoms with E-state index in [9.17, 15) is 0 Å². The van der Waals surface area contributed by atoms with Crippen LogP contribution in [0, 0.1) is 0 Å². The summed E-state index contributed by atoms with van der Waals surface area (Å²) in [6.07, 6.45) is 54.5. The van der Waals surface area contributed by atoms with Gasteiger partial charge in [0.05, 0.1) is 0 Å². The van der Waals surface area contributed by atoms with Crippen LogP contribution in [0.2, 0.25) is 31.5 Å². The second-order valence-electron chi connectivity index (χ2n) is 18.4. The van der Waals surface area contributed by atoms with Gasteiger partial charge in [0, 0.05) is 0 Å². The molecule has 0 fully saturated rings. The monoisotopic (exact) mass is 813 g/mol. The molecule has 0 radical (unpaired) electrons. The molecule has 6 aliphatic heterocycles. The predicted octanol–water partition coefficient (Wildman–Crippen LogP) is 16.1. The van der Waals surface area contributed by atoms with E-state index in [4.69, 9.17) is 0 Å². The number of hydrogen-bond acceptors (Lipinski definition) is 0. The Morgan fingerprint density at radius 3 is 0.440 bits per heavy atom. The molecule has 0 nitrogen and oxygen atoms in total. The van der Waals surface area contributed by atoms with Crippen molar-refractivity contribution in [2.24, 2.45) is 0 Å². The normalized spacial score (nSPS) is 29.2. The number of benzene rings is 1. The minimum absolute atomic E-state index is 1.50. The van der Waals surface area contributed by atoms with Gasteiger partial charge in [0.25, 0.3) is 0 Å². The predicted molar refractivity (Wildman–Crippen MR) is 232 cm³/mol. The van der Waals surface area contributed by atoms with Gasteiger partial charge in [-0.2, -0.15) is 0 Å². The maximum absolute atomic E-state index is 2.87. The first-order valence-electron chi connectivity index (χ1n) is 23.9. The molecule has 0 N–H and O–H groups in total. The Labute approximate surface area is 320 Å². The molecule has 2 heteroatoms. The van der Waals surface area contributed by atoms with Crippen LogP contribution in [-0.2, 0) is 0 Å². The Balaban J connectivity index is 1.67. The van der Waals surface area contributed by atoms with E-state index in [1.807, 2.05) is 8.79 Å². The Morgan fingerprint density at radius 1 is 0.180 bits per heavy atom.